The summed E-state index contributed by atoms with van der Waals surface area (Å²) in [6, 6.07) is 4.16. The molecule has 2 fully saturated rings. The van der Waals surface area contributed by atoms with Crippen LogP contribution in [0, 0.1) is 5.92 Å². The Bertz CT molecular complexity index is 1360. The number of hydrogen-bond acceptors (Lipinski definition) is 7. The molecule has 1 saturated carbocycles. The monoisotopic (exact) mass is 637 g/mol. The summed E-state index contributed by atoms with van der Waals surface area (Å²) >= 11 is 5.87. The molecular formula is C29H40ClN5O7S. The molecule has 236 valence electrons. The zero-order valence-corrected chi connectivity index (χ0v) is 26.2. The Labute approximate surface area is 257 Å². The molecule has 1 saturated heterocycles. The lowest BCUT2D eigenvalue weighted by atomic mass is 10.0. The van der Waals surface area contributed by atoms with Crippen molar-refractivity contribution < 1.29 is 32.3 Å². The number of rotatable bonds is 5. The van der Waals surface area contributed by atoms with Gasteiger partial charge in [0.2, 0.25) is 11.8 Å². The first-order valence-electron chi connectivity index (χ1n) is 14.6. The number of amides is 4. The van der Waals surface area contributed by atoms with E-state index < -0.39 is 63.2 Å². The highest BCUT2D eigenvalue weighted by Crippen LogP contribution is 2.45. The Morgan fingerprint density at radius 3 is 2.49 bits per heavy atom. The molecule has 2 aliphatic heterocycles. The SMILES string of the molecule is CC(C)(C)OC(=O)NC1CCCCC/C=C\C2CC2(C(=O)NS(=O)(=O)Nc2ccc(Cl)cc2)NC(=O)C2CCCN2C1=O. The maximum atomic E-state index is 13.7. The quantitative estimate of drug-likeness (QED) is 0.360. The number of fused-ring (bicyclic) bond motifs is 2. The Morgan fingerprint density at radius 1 is 1.07 bits per heavy atom. The number of carbonyl (C=O) groups is 4. The summed E-state index contributed by atoms with van der Waals surface area (Å²) in [5, 5.41) is 5.90. The number of anilines is 1. The minimum Gasteiger partial charge on any atom is -0.444 e. The van der Waals surface area contributed by atoms with Gasteiger partial charge in [0.15, 0.2) is 0 Å². The molecule has 0 radical (unpaired) electrons. The van der Waals surface area contributed by atoms with Crippen LogP contribution in [0.5, 0.6) is 0 Å². The number of nitrogens with one attached hydrogen (secondary N) is 4. The summed E-state index contributed by atoms with van der Waals surface area (Å²) in [6.45, 7) is 5.51. The third-order valence-corrected chi connectivity index (χ3v) is 8.86. The van der Waals surface area contributed by atoms with Crippen molar-refractivity contribution in [1.29, 1.82) is 0 Å². The van der Waals surface area contributed by atoms with Crippen LogP contribution in [-0.4, -0.2) is 66.9 Å². The van der Waals surface area contributed by atoms with Crippen molar-refractivity contribution in [3.05, 3.63) is 41.4 Å². The van der Waals surface area contributed by atoms with Gasteiger partial charge in [-0.05, 0) is 83.6 Å². The Morgan fingerprint density at radius 2 is 1.79 bits per heavy atom. The lowest BCUT2D eigenvalue weighted by Gasteiger charge is -2.30. The Hall–Kier alpha value is -3.32. The summed E-state index contributed by atoms with van der Waals surface area (Å²) in [4.78, 5) is 54.8. The first-order valence-corrected chi connectivity index (χ1v) is 16.4. The van der Waals surface area contributed by atoms with Gasteiger partial charge < -0.3 is 20.3 Å². The highest BCUT2D eigenvalue weighted by Gasteiger charge is 2.61. The molecule has 4 rings (SSSR count). The van der Waals surface area contributed by atoms with Crippen molar-refractivity contribution in [3.8, 4) is 0 Å². The second-order valence-electron chi connectivity index (χ2n) is 12.3. The number of ether oxygens (including phenoxy) is 1. The van der Waals surface area contributed by atoms with Crippen molar-refractivity contribution in [2.45, 2.75) is 95.4 Å². The second-order valence-corrected chi connectivity index (χ2v) is 14.1. The number of hydrogen-bond donors (Lipinski definition) is 4. The summed E-state index contributed by atoms with van der Waals surface area (Å²) in [6.07, 6.45) is 7.57. The average molecular weight is 638 g/mol. The van der Waals surface area contributed by atoms with Crippen LogP contribution in [0.2, 0.25) is 5.02 Å². The molecule has 2 heterocycles. The number of carbonyl (C=O) groups excluding carboxylic acids is 4. The van der Waals surface area contributed by atoms with Crippen LogP contribution in [0.4, 0.5) is 10.5 Å². The number of benzene rings is 1. The van der Waals surface area contributed by atoms with Crippen LogP contribution in [0.1, 0.15) is 72.1 Å². The van der Waals surface area contributed by atoms with E-state index in [1.165, 1.54) is 29.2 Å². The summed E-state index contributed by atoms with van der Waals surface area (Å²) < 4.78 is 35.3. The van der Waals surface area contributed by atoms with Crippen LogP contribution < -0.4 is 20.1 Å². The van der Waals surface area contributed by atoms with E-state index in [1.54, 1.807) is 20.8 Å². The summed E-state index contributed by atoms with van der Waals surface area (Å²) in [5.41, 5.74) is -2.04. The van der Waals surface area contributed by atoms with Gasteiger partial charge in [0.1, 0.15) is 23.2 Å². The molecule has 14 heteroatoms. The lowest BCUT2D eigenvalue weighted by Crippen LogP contribution is -2.58. The van der Waals surface area contributed by atoms with Crippen molar-refractivity contribution in [1.82, 2.24) is 20.3 Å². The number of alkyl carbamates (subject to hydrolysis) is 1. The topological polar surface area (TPSA) is 163 Å². The smallest absolute Gasteiger partial charge is 0.408 e. The van der Waals surface area contributed by atoms with Crippen molar-refractivity contribution in [3.63, 3.8) is 0 Å². The minimum absolute atomic E-state index is 0.204. The van der Waals surface area contributed by atoms with Crippen LogP contribution in [0.3, 0.4) is 0 Å². The molecule has 12 nitrogen and oxygen atoms in total. The predicted octanol–water partition coefficient (Wildman–Crippen LogP) is 3.39. The normalized spacial score (nSPS) is 27.3. The van der Waals surface area contributed by atoms with Crippen molar-refractivity contribution in [2.24, 2.45) is 5.92 Å². The molecule has 4 atom stereocenters. The maximum absolute atomic E-state index is 13.7. The molecule has 4 unspecified atom stereocenters. The van der Waals surface area contributed by atoms with Gasteiger partial charge in [-0.3, -0.25) is 19.1 Å². The molecule has 4 amide bonds. The largest absolute Gasteiger partial charge is 0.444 e. The van der Waals surface area contributed by atoms with E-state index in [0.29, 0.717) is 43.7 Å². The molecule has 0 spiro atoms. The van der Waals surface area contributed by atoms with Gasteiger partial charge >= 0.3 is 16.3 Å². The van der Waals surface area contributed by atoms with Gasteiger partial charge in [0.25, 0.3) is 5.91 Å². The van der Waals surface area contributed by atoms with E-state index in [9.17, 15) is 27.6 Å². The van der Waals surface area contributed by atoms with E-state index in [0.717, 1.165) is 12.8 Å². The zero-order valence-electron chi connectivity index (χ0n) is 24.7. The molecule has 0 aromatic heterocycles. The van der Waals surface area contributed by atoms with Gasteiger partial charge in [-0.25, -0.2) is 9.52 Å². The molecular weight excluding hydrogens is 598 g/mol. The maximum Gasteiger partial charge on any atom is 0.408 e. The fourth-order valence-corrected chi connectivity index (χ4v) is 6.50. The van der Waals surface area contributed by atoms with Gasteiger partial charge in [0.05, 0.1) is 5.69 Å². The number of allylic oxidation sites excluding steroid dienone is 1. The predicted molar refractivity (Wildman–Crippen MR) is 161 cm³/mol. The Balaban J connectivity index is 1.53. The Kier molecular flexibility index (Phi) is 9.95. The molecule has 4 N–H and O–H groups in total. The van der Waals surface area contributed by atoms with Crippen LogP contribution in [0.15, 0.2) is 36.4 Å². The van der Waals surface area contributed by atoms with Crippen molar-refractivity contribution >= 4 is 51.3 Å². The van der Waals surface area contributed by atoms with Gasteiger partial charge in [-0.2, -0.15) is 8.42 Å². The van der Waals surface area contributed by atoms with Gasteiger partial charge in [-0.1, -0.05) is 36.6 Å². The van der Waals surface area contributed by atoms with Crippen molar-refractivity contribution in [2.75, 3.05) is 11.3 Å². The van der Waals surface area contributed by atoms with E-state index >= 15 is 0 Å². The van der Waals surface area contributed by atoms with E-state index in [4.69, 9.17) is 16.3 Å². The van der Waals surface area contributed by atoms with E-state index in [2.05, 4.69) is 20.1 Å². The van der Waals surface area contributed by atoms with Crippen LogP contribution in [-0.2, 0) is 29.3 Å². The fraction of sp³-hybridized carbons (Fsp3) is 0.586. The fourth-order valence-electron chi connectivity index (χ4n) is 5.46. The van der Waals surface area contributed by atoms with Crippen LogP contribution >= 0.6 is 11.6 Å². The summed E-state index contributed by atoms with van der Waals surface area (Å²) in [7, 11) is -4.33. The molecule has 43 heavy (non-hydrogen) atoms. The molecule has 1 aromatic rings. The highest BCUT2D eigenvalue weighted by molar-refractivity contribution is 7.91. The standard InChI is InChI=1S/C29H40ClN5O7S/c1-28(2,3)42-27(39)31-22-11-8-6-4-5-7-10-19-18-29(19,32-24(36)23-12-9-17-35(23)25(22)37)26(38)34-43(40,41)33-21-15-13-20(30)14-16-21/h7,10,13-16,19,22-23,33H,4-6,8-9,11-12,17-18H2,1-3H3,(H,31,39)(H,32,36)(H,34,38)/b10-7-. The highest BCUT2D eigenvalue weighted by atomic mass is 35.5. The van der Waals surface area contributed by atoms with Gasteiger partial charge in [-0.15, -0.1) is 0 Å². The number of nitrogens with zero attached hydrogens (tertiary/aromatic N) is 1. The minimum atomic E-state index is -4.33. The molecule has 1 aromatic carbocycles. The van der Waals surface area contributed by atoms with E-state index in [1.807, 2.05) is 12.2 Å². The first kappa shape index (κ1) is 32.6. The average Bonchev–Trinajstić information content (AvgIpc) is 3.36. The lowest BCUT2D eigenvalue weighted by molar-refractivity contribution is -0.141. The second kappa shape index (κ2) is 13.1. The molecule has 3 aliphatic rings. The molecule has 0 bridgehead atoms. The van der Waals surface area contributed by atoms with Crippen LogP contribution in [0.25, 0.3) is 0 Å². The van der Waals surface area contributed by atoms with E-state index in [-0.39, 0.29) is 12.1 Å². The number of halogens is 1. The third kappa shape index (κ3) is 8.62. The van der Waals surface area contributed by atoms with Gasteiger partial charge in [0, 0.05) is 17.5 Å². The first-order chi connectivity index (χ1) is 20.2. The molecule has 1 aliphatic carbocycles. The summed E-state index contributed by atoms with van der Waals surface area (Å²) in [5.74, 6) is -2.23. The zero-order chi connectivity index (χ0) is 31.4. The third-order valence-electron chi connectivity index (χ3n) is 7.65.